The minimum Gasteiger partial charge on any atom is -0.478 e. The lowest BCUT2D eigenvalue weighted by Gasteiger charge is -2.31. The maximum atomic E-state index is 13.2. The van der Waals surface area contributed by atoms with Crippen LogP contribution in [-0.4, -0.2) is 43.7 Å². The van der Waals surface area contributed by atoms with Gasteiger partial charge < -0.3 is 15.4 Å². The zero-order valence-electron chi connectivity index (χ0n) is 18.2. The molecular weight excluding hydrogens is 466 g/mol. The molecule has 1 fully saturated rings. The van der Waals surface area contributed by atoms with Crippen molar-refractivity contribution in [2.75, 3.05) is 18.4 Å². The lowest BCUT2D eigenvalue weighted by molar-refractivity contribution is -0.126. The monoisotopic (exact) mass is 491 g/mol. The molecule has 2 heterocycles. The van der Waals surface area contributed by atoms with E-state index >= 15 is 0 Å². The number of piperidine rings is 1. The molecule has 0 unspecified atom stereocenters. The summed E-state index contributed by atoms with van der Waals surface area (Å²) in [5.74, 6) is -0.159. The summed E-state index contributed by atoms with van der Waals surface area (Å²) in [7, 11) is -3.76. The van der Waals surface area contributed by atoms with Gasteiger partial charge in [-0.15, -0.1) is 0 Å². The molecule has 0 aliphatic carbocycles. The molecule has 8 nitrogen and oxygen atoms in total. The second-order valence-electron chi connectivity index (χ2n) is 8.18. The van der Waals surface area contributed by atoms with Gasteiger partial charge in [0.1, 0.15) is 5.75 Å². The Labute approximate surface area is 198 Å². The topological polar surface area (TPSA) is 105 Å². The fourth-order valence-electron chi connectivity index (χ4n) is 4.00. The summed E-state index contributed by atoms with van der Waals surface area (Å²) >= 11 is 5.88. The number of ether oxygens (including phenoxy) is 1. The molecule has 2 aromatic carbocycles. The number of halogens is 1. The molecule has 0 bridgehead atoms. The molecule has 33 heavy (non-hydrogen) atoms. The molecule has 0 aromatic heterocycles. The molecule has 2 N–H and O–H groups in total. The first-order valence-electron chi connectivity index (χ1n) is 10.9. The number of rotatable bonds is 6. The molecule has 0 radical (unpaired) electrons. The molecule has 0 spiro atoms. The van der Waals surface area contributed by atoms with Crippen molar-refractivity contribution in [1.82, 2.24) is 9.62 Å². The fourth-order valence-corrected chi connectivity index (χ4v) is 5.62. The molecule has 176 valence electrons. The molecule has 2 amide bonds. The van der Waals surface area contributed by atoms with Crippen LogP contribution in [0, 0.1) is 5.92 Å². The minimum atomic E-state index is -3.76. The second-order valence-corrected chi connectivity index (χ2v) is 10.6. The largest absolute Gasteiger partial charge is 0.478 e. The van der Waals surface area contributed by atoms with Crippen molar-refractivity contribution < 1.29 is 22.7 Å². The van der Waals surface area contributed by atoms with Crippen LogP contribution in [-0.2, 0) is 26.2 Å². The Kier molecular flexibility index (Phi) is 6.92. The van der Waals surface area contributed by atoms with Crippen LogP contribution in [0.3, 0.4) is 0 Å². The number of nitrogens with zero attached hydrogens (tertiary/aromatic N) is 1. The summed E-state index contributed by atoms with van der Waals surface area (Å²) in [6, 6.07) is 11.7. The summed E-state index contributed by atoms with van der Waals surface area (Å²) in [6.45, 7) is 2.74. The smallest absolute Gasteiger partial charge is 0.265 e. The number of fused-ring (bicyclic) bond motifs is 1. The molecular formula is C23H26ClN3O5S. The van der Waals surface area contributed by atoms with Crippen LogP contribution >= 0.6 is 11.6 Å². The van der Waals surface area contributed by atoms with Crippen LogP contribution in [0.2, 0.25) is 5.02 Å². The van der Waals surface area contributed by atoms with Gasteiger partial charge in [0.25, 0.3) is 5.91 Å². The van der Waals surface area contributed by atoms with E-state index in [-0.39, 0.29) is 35.7 Å². The quantitative estimate of drug-likeness (QED) is 0.645. The second kappa shape index (κ2) is 9.70. The van der Waals surface area contributed by atoms with E-state index in [9.17, 15) is 18.0 Å². The van der Waals surface area contributed by atoms with E-state index in [2.05, 4.69) is 10.6 Å². The van der Waals surface area contributed by atoms with Gasteiger partial charge in [-0.25, -0.2) is 8.42 Å². The Morgan fingerprint density at radius 1 is 1.18 bits per heavy atom. The summed E-state index contributed by atoms with van der Waals surface area (Å²) < 4.78 is 33.3. The SMILES string of the molecule is CC[C@@H]1Oc2ccc(S(=O)(=O)N3CCC(C(=O)NCc4ccc(Cl)cc4)CC3)cc2NC1=O. The Balaban J connectivity index is 1.36. The van der Waals surface area contributed by atoms with E-state index in [0.29, 0.717) is 42.3 Å². The minimum absolute atomic E-state index is 0.0823. The van der Waals surface area contributed by atoms with Gasteiger partial charge >= 0.3 is 0 Å². The van der Waals surface area contributed by atoms with E-state index in [1.807, 2.05) is 19.1 Å². The maximum absolute atomic E-state index is 13.2. The Hall–Kier alpha value is -2.62. The van der Waals surface area contributed by atoms with Crippen LogP contribution < -0.4 is 15.4 Å². The number of carbonyl (C=O) groups excluding carboxylic acids is 2. The van der Waals surface area contributed by atoms with E-state index < -0.39 is 16.1 Å². The number of sulfonamides is 1. The van der Waals surface area contributed by atoms with E-state index in [0.717, 1.165) is 5.56 Å². The zero-order chi connectivity index (χ0) is 23.6. The standard InChI is InChI=1S/C23H26ClN3O5S/c1-2-20-23(29)26-19-13-18(7-8-21(19)32-20)33(30,31)27-11-9-16(10-12-27)22(28)25-14-15-3-5-17(24)6-4-15/h3-8,13,16,20H,2,9-12,14H2,1H3,(H,25,28)(H,26,29)/t20-/m0/s1. The fraction of sp³-hybridized carbons (Fsp3) is 0.391. The van der Waals surface area contributed by atoms with E-state index in [1.165, 1.54) is 16.4 Å². The van der Waals surface area contributed by atoms with Crippen LogP contribution in [0.15, 0.2) is 47.4 Å². The van der Waals surface area contributed by atoms with Gasteiger partial charge in [0.15, 0.2) is 6.10 Å². The van der Waals surface area contributed by atoms with Crippen LogP contribution in [0.5, 0.6) is 5.75 Å². The first-order valence-corrected chi connectivity index (χ1v) is 12.7. The summed E-state index contributed by atoms with van der Waals surface area (Å²) in [4.78, 5) is 24.7. The summed E-state index contributed by atoms with van der Waals surface area (Å²) in [6.07, 6.45) is 0.821. The number of amides is 2. The lowest BCUT2D eigenvalue weighted by atomic mass is 9.97. The first kappa shape index (κ1) is 23.5. The van der Waals surface area contributed by atoms with Crippen molar-refractivity contribution in [1.29, 1.82) is 0 Å². The normalized spacial score (nSPS) is 19.3. The third kappa shape index (κ3) is 5.15. The Morgan fingerprint density at radius 2 is 1.88 bits per heavy atom. The number of hydrogen-bond acceptors (Lipinski definition) is 5. The third-order valence-corrected chi connectivity index (χ3v) is 8.13. The molecule has 1 atom stereocenters. The van der Waals surface area contributed by atoms with E-state index in [4.69, 9.17) is 16.3 Å². The van der Waals surface area contributed by atoms with Gasteiger partial charge in [-0.05, 0) is 55.2 Å². The molecule has 4 rings (SSSR count). The predicted molar refractivity (Wildman–Crippen MR) is 125 cm³/mol. The van der Waals surface area contributed by atoms with Gasteiger partial charge in [0, 0.05) is 30.6 Å². The molecule has 2 aliphatic heterocycles. The molecule has 2 aliphatic rings. The highest BCUT2D eigenvalue weighted by Gasteiger charge is 2.33. The highest BCUT2D eigenvalue weighted by Crippen LogP contribution is 2.34. The van der Waals surface area contributed by atoms with Gasteiger partial charge in [-0.2, -0.15) is 4.31 Å². The third-order valence-electron chi connectivity index (χ3n) is 5.98. The van der Waals surface area contributed by atoms with Crippen LogP contribution in [0.4, 0.5) is 5.69 Å². The highest BCUT2D eigenvalue weighted by atomic mass is 35.5. The highest BCUT2D eigenvalue weighted by molar-refractivity contribution is 7.89. The Morgan fingerprint density at radius 3 is 2.55 bits per heavy atom. The number of anilines is 1. The lowest BCUT2D eigenvalue weighted by Crippen LogP contribution is -2.43. The van der Waals surface area contributed by atoms with Crippen molar-refractivity contribution in [2.45, 2.75) is 43.7 Å². The van der Waals surface area contributed by atoms with Crippen LogP contribution in [0.25, 0.3) is 0 Å². The first-order chi connectivity index (χ1) is 15.8. The molecule has 10 heteroatoms. The summed E-state index contributed by atoms with van der Waals surface area (Å²) in [5, 5.41) is 6.27. The van der Waals surface area contributed by atoms with Gasteiger partial charge in [-0.3, -0.25) is 9.59 Å². The molecule has 0 saturated carbocycles. The average molecular weight is 492 g/mol. The maximum Gasteiger partial charge on any atom is 0.265 e. The van der Waals surface area contributed by atoms with Crippen molar-refractivity contribution in [3.63, 3.8) is 0 Å². The molecule has 2 aromatic rings. The number of nitrogens with one attached hydrogen (secondary N) is 2. The van der Waals surface area contributed by atoms with Crippen LogP contribution in [0.1, 0.15) is 31.7 Å². The van der Waals surface area contributed by atoms with Crippen molar-refractivity contribution >= 4 is 39.1 Å². The predicted octanol–water partition coefficient (Wildman–Crippen LogP) is 3.17. The molecule has 1 saturated heterocycles. The van der Waals surface area contributed by atoms with Gasteiger partial charge in [0.05, 0.1) is 10.6 Å². The van der Waals surface area contributed by atoms with E-state index in [1.54, 1.807) is 18.2 Å². The van der Waals surface area contributed by atoms with Crippen molar-refractivity contribution in [3.05, 3.63) is 53.1 Å². The number of carbonyl (C=O) groups is 2. The van der Waals surface area contributed by atoms with Crippen molar-refractivity contribution in [2.24, 2.45) is 5.92 Å². The Bertz CT molecular complexity index is 1150. The van der Waals surface area contributed by atoms with Crippen molar-refractivity contribution in [3.8, 4) is 5.75 Å². The number of benzene rings is 2. The zero-order valence-corrected chi connectivity index (χ0v) is 19.8. The van der Waals surface area contributed by atoms with Gasteiger partial charge in [0.2, 0.25) is 15.9 Å². The summed E-state index contributed by atoms with van der Waals surface area (Å²) in [5.41, 5.74) is 1.30. The number of hydrogen-bond donors (Lipinski definition) is 2. The van der Waals surface area contributed by atoms with Gasteiger partial charge in [-0.1, -0.05) is 30.7 Å². The average Bonchev–Trinajstić information content (AvgIpc) is 2.82.